The molecular formula is C17H24. The molecule has 0 radical (unpaired) electrons. The maximum atomic E-state index is 2.50. The van der Waals surface area contributed by atoms with E-state index in [1.54, 1.807) is 0 Å². The predicted octanol–water partition coefficient (Wildman–Crippen LogP) is 4.69. The molecule has 3 fully saturated rings. The minimum absolute atomic E-state index is 0.652. The van der Waals surface area contributed by atoms with Crippen LogP contribution in [0.5, 0.6) is 0 Å². The molecule has 0 spiro atoms. The van der Waals surface area contributed by atoms with Crippen molar-refractivity contribution >= 4 is 0 Å². The van der Waals surface area contributed by atoms with Gasteiger partial charge in [-0.15, -0.1) is 0 Å². The van der Waals surface area contributed by atoms with Gasteiger partial charge in [-0.3, -0.25) is 0 Å². The van der Waals surface area contributed by atoms with Crippen LogP contribution in [0.4, 0.5) is 0 Å². The Hall–Kier alpha value is -0.780. The lowest BCUT2D eigenvalue weighted by Gasteiger charge is -2.60. The third kappa shape index (κ3) is 1.92. The summed E-state index contributed by atoms with van der Waals surface area (Å²) in [5.41, 5.74) is 2.17. The van der Waals surface area contributed by atoms with Crippen LogP contribution >= 0.6 is 0 Å². The highest BCUT2D eigenvalue weighted by Gasteiger charge is 2.53. The molecule has 3 unspecified atom stereocenters. The molecule has 0 nitrogen and oxygen atoms in total. The second-order valence-corrected chi connectivity index (χ2v) is 6.72. The van der Waals surface area contributed by atoms with E-state index in [1.807, 2.05) is 0 Å². The van der Waals surface area contributed by atoms with Gasteiger partial charge >= 0.3 is 0 Å². The topological polar surface area (TPSA) is 0 Å². The van der Waals surface area contributed by atoms with E-state index in [0.29, 0.717) is 5.41 Å². The Morgan fingerprint density at radius 3 is 2.53 bits per heavy atom. The zero-order chi connectivity index (χ0) is 11.9. The van der Waals surface area contributed by atoms with E-state index >= 15 is 0 Å². The third-order valence-corrected chi connectivity index (χ3v) is 5.65. The summed E-state index contributed by atoms with van der Waals surface area (Å²) in [4.78, 5) is 0. The number of hydrogen-bond donors (Lipinski definition) is 0. The Labute approximate surface area is 105 Å². The van der Waals surface area contributed by atoms with Crippen molar-refractivity contribution in [1.29, 1.82) is 0 Å². The van der Waals surface area contributed by atoms with Crippen molar-refractivity contribution < 1.29 is 0 Å². The van der Waals surface area contributed by atoms with Crippen molar-refractivity contribution in [1.82, 2.24) is 0 Å². The molecule has 3 aliphatic carbocycles. The van der Waals surface area contributed by atoms with Crippen LogP contribution in [0.15, 0.2) is 30.3 Å². The summed E-state index contributed by atoms with van der Waals surface area (Å²) < 4.78 is 0. The van der Waals surface area contributed by atoms with E-state index in [-0.39, 0.29) is 0 Å². The molecule has 0 aromatic heterocycles. The van der Waals surface area contributed by atoms with Crippen LogP contribution in [0.2, 0.25) is 0 Å². The average Bonchev–Trinajstić information content (AvgIpc) is 2.37. The Morgan fingerprint density at radius 2 is 1.88 bits per heavy atom. The lowest BCUT2D eigenvalue weighted by atomic mass is 9.45. The van der Waals surface area contributed by atoms with Gasteiger partial charge in [0.2, 0.25) is 0 Å². The average molecular weight is 228 g/mol. The maximum absolute atomic E-state index is 2.50. The molecule has 0 aliphatic heterocycles. The monoisotopic (exact) mass is 228 g/mol. The van der Waals surface area contributed by atoms with Gasteiger partial charge < -0.3 is 0 Å². The zero-order valence-corrected chi connectivity index (χ0v) is 11.2. The van der Waals surface area contributed by atoms with Gasteiger partial charge in [-0.1, -0.05) is 44.2 Å². The number of rotatable bonds is 3. The van der Waals surface area contributed by atoms with Gasteiger partial charge in [0.05, 0.1) is 0 Å². The molecule has 1 aromatic rings. The van der Waals surface area contributed by atoms with Gasteiger partial charge in [0, 0.05) is 0 Å². The number of aryl methyl sites for hydroxylation is 1. The summed E-state index contributed by atoms with van der Waals surface area (Å²) in [5.74, 6) is 3.06. The van der Waals surface area contributed by atoms with E-state index in [0.717, 1.165) is 17.8 Å². The SMILES string of the molecule is CC1(C)C2CCC(CCc3ccccc3)C1C2. The highest BCUT2D eigenvalue weighted by atomic mass is 14.6. The van der Waals surface area contributed by atoms with Crippen molar-refractivity contribution in [3.63, 3.8) is 0 Å². The maximum Gasteiger partial charge on any atom is -0.0276 e. The van der Waals surface area contributed by atoms with Gasteiger partial charge in [-0.2, -0.15) is 0 Å². The van der Waals surface area contributed by atoms with Crippen molar-refractivity contribution in [2.75, 3.05) is 0 Å². The van der Waals surface area contributed by atoms with Crippen molar-refractivity contribution in [3.8, 4) is 0 Å². The third-order valence-electron chi connectivity index (χ3n) is 5.65. The molecule has 3 atom stereocenters. The largest absolute Gasteiger partial charge is 0.0622 e. The second kappa shape index (κ2) is 4.15. The Balaban J connectivity index is 1.59. The van der Waals surface area contributed by atoms with Crippen LogP contribution in [-0.4, -0.2) is 0 Å². The summed E-state index contributed by atoms with van der Waals surface area (Å²) in [5, 5.41) is 0. The molecule has 92 valence electrons. The zero-order valence-electron chi connectivity index (χ0n) is 11.2. The lowest BCUT2D eigenvalue weighted by Crippen LogP contribution is -2.52. The summed E-state index contributed by atoms with van der Waals surface area (Å²) in [6.45, 7) is 5.00. The molecule has 4 rings (SSSR count). The fourth-order valence-corrected chi connectivity index (χ4v) is 4.30. The minimum atomic E-state index is 0.652. The first-order valence-electron chi connectivity index (χ1n) is 7.22. The van der Waals surface area contributed by atoms with E-state index < -0.39 is 0 Å². The molecule has 3 saturated carbocycles. The van der Waals surface area contributed by atoms with Crippen LogP contribution in [0, 0.1) is 23.2 Å². The van der Waals surface area contributed by atoms with Gasteiger partial charge in [-0.05, 0) is 60.8 Å². The van der Waals surface area contributed by atoms with Crippen LogP contribution in [0.3, 0.4) is 0 Å². The van der Waals surface area contributed by atoms with Gasteiger partial charge in [0.1, 0.15) is 0 Å². The number of fused-ring (bicyclic) bond motifs is 2. The standard InChI is InChI=1S/C17H24/c1-17(2)15-11-10-14(16(17)12-15)9-8-13-6-4-3-5-7-13/h3-7,14-16H,8-12H2,1-2H3. The smallest absolute Gasteiger partial charge is 0.0276 e. The van der Waals surface area contributed by atoms with Crippen LogP contribution in [-0.2, 0) is 6.42 Å². The van der Waals surface area contributed by atoms with Gasteiger partial charge in [0.25, 0.3) is 0 Å². The fraction of sp³-hybridized carbons (Fsp3) is 0.647. The molecule has 3 aliphatic rings. The molecule has 2 bridgehead atoms. The van der Waals surface area contributed by atoms with Crippen molar-refractivity contribution in [2.24, 2.45) is 23.2 Å². The molecular weight excluding hydrogens is 204 g/mol. The number of hydrogen-bond acceptors (Lipinski definition) is 0. The van der Waals surface area contributed by atoms with Gasteiger partial charge in [-0.25, -0.2) is 0 Å². The van der Waals surface area contributed by atoms with Crippen molar-refractivity contribution in [3.05, 3.63) is 35.9 Å². The summed E-state index contributed by atoms with van der Waals surface area (Å²) in [6, 6.07) is 11.0. The van der Waals surface area contributed by atoms with E-state index in [1.165, 1.54) is 37.7 Å². The molecule has 0 heterocycles. The molecule has 1 aromatic carbocycles. The second-order valence-electron chi connectivity index (χ2n) is 6.72. The van der Waals surface area contributed by atoms with Crippen molar-refractivity contribution in [2.45, 2.75) is 46.0 Å². The molecule has 0 saturated heterocycles. The Bertz CT molecular complexity index is 374. The van der Waals surface area contributed by atoms with E-state index in [2.05, 4.69) is 44.2 Å². The molecule has 0 heteroatoms. The highest BCUT2D eigenvalue weighted by Crippen LogP contribution is 2.62. The molecule has 17 heavy (non-hydrogen) atoms. The van der Waals surface area contributed by atoms with E-state index in [9.17, 15) is 0 Å². The summed E-state index contributed by atoms with van der Waals surface area (Å²) in [7, 11) is 0. The van der Waals surface area contributed by atoms with Crippen LogP contribution in [0.25, 0.3) is 0 Å². The Kier molecular flexibility index (Phi) is 2.77. The quantitative estimate of drug-likeness (QED) is 0.704. The fourth-order valence-electron chi connectivity index (χ4n) is 4.30. The van der Waals surface area contributed by atoms with Gasteiger partial charge in [0.15, 0.2) is 0 Å². The number of benzene rings is 1. The first-order valence-corrected chi connectivity index (χ1v) is 7.22. The molecule has 0 N–H and O–H groups in total. The minimum Gasteiger partial charge on any atom is -0.0622 e. The van der Waals surface area contributed by atoms with Crippen LogP contribution < -0.4 is 0 Å². The lowest BCUT2D eigenvalue weighted by molar-refractivity contribution is -0.106. The highest BCUT2D eigenvalue weighted by molar-refractivity contribution is 5.15. The first kappa shape index (κ1) is 11.3. The molecule has 0 amide bonds. The van der Waals surface area contributed by atoms with Crippen LogP contribution in [0.1, 0.15) is 45.1 Å². The predicted molar refractivity (Wildman–Crippen MR) is 72.9 cm³/mol. The normalized spacial score (nSPS) is 34.1. The van der Waals surface area contributed by atoms with E-state index in [4.69, 9.17) is 0 Å². The Morgan fingerprint density at radius 1 is 1.12 bits per heavy atom. The first-order chi connectivity index (χ1) is 8.18. The summed E-state index contributed by atoms with van der Waals surface area (Å²) >= 11 is 0. The summed E-state index contributed by atoms with van der Waals surface area (Å²) in [6.07, 6.45) is 7.19.